The Labute approximate surface area is 122 Å². The number of rotatable bonds is 3. The van der Waals surface area contributed by atoms with E-state index in [0.717, 1.165) is 10.4 Å². The van der Waals surface area contributed by atoms with Crippen LogP contribution in [0.15, 0.2) is 12.1 Å². The Kier molecular flexibility index (Phi) is 5.10. The van der Waals surface area contributed by atoms with E-state index < -0.39 is 11.6 Å². The normalized spacial score (nSPS) is 24.2. The molecule has 0 nitrogen and oxygen atoms in total. The molecule has 0 N–H and O–H groups in total. The zero-order valence-electron chi connectivity index (χ0n) is 10.4. The first kappa shape index (κ1) is 14.4. The molecule has 2 rings (SSSR count). The molecule has 1 aromatic rings. The van der Waals surface area contributed by atoms with Gasteiger partial charge in [-0.2, -0.15) is 0 Å². The van der Waals surface area contributed by atoms with Gasteiger partial charge in [-0.05, 0) is 0 Å². The molecule has 1 aromatic carbocycles. The summed E-state index contributed by atoms with van der Waals surface area (Å²) in [5.74, 6) is -0.973. The summed E-state index contributed by atoms with van der Waals surface area (Å²) >= 11 is 1.64. The van der Waals surface area contributed by atoms with Gasteiger partial charge in [0.05, 0.1) is 0 Å². The van der Waals surface area contributed by atoms with Crippen molar-refractivity contribution in [1.82, 2.24) is 0 Å². The molecule has 18 heavy (non-hydrogen) atoms. The van der Waals surface area contributed by atoms with Gasteiger partial charge in [-0.25, -0.2) is 0 Å². The molecule has 4 heteroatoms. The van der Waals surface area contributed by atoms with Crippen LogP contribution < -0.4 is 5.46 Å². The Morgan fingerprint density at radius 1 is 1.11 bits per heavy atom. The van der Waals surface area contributed by atoms with Crippen LogP contribution in [0.2, 0.25) is 3.93 Å². The van der Waals surface area contributed by atoms with Crippen molar-refractivity contribution in [3.8, 4) is 0 Å². The Morgan fingerprint density at radius 3 is 2.44 bits per heavy atom. The van der Waals surface area contributed by atoms with E-state index in [1.54, 1.807) is 28.6 Å². The minimum atomic E-state index is -0.895. The quantitative estimate of drug-likeness (QED) is 0.735. The summed E-state index contributed by atoms with van der Waals surface area (Å²) in [6.07, 6.45) is 6.69. The fraction of sp³-hybridized carbons (Fsp3) is 0.571. The zero-order valence-corrected chi connectivity index (χ0v) is 13.2. The number of halogens is 2. The summed E-state index contributed by atoms with van der Waals surface area (Å²) in [5, 5.41) is 0. The van der Waals surface area contributed by atoms with Crippen LogP contribution in [0, 0.1) is 17.6 Å². The van der Waals surface area contributed by atoms with Crippen LogP contribution in [-0.4, -0.2) is 30.4 Å². The van der Waals surface area contributed by atoms with Gasteiger partial charge in [0.25, 0.3) is 0 Å². The molecule has 0 aromatic heterocycles. The standard InChI is InChI=1S/C14H16BF2.Sn/c15-12-9-8-11(13(16)14(12)17)7-6-10-4-2-1-3-5-10;/h1,8-10H,2-7H2;. The Balaban J connectivity index is 1.92. The first-order valence-corrected chi connectivity index (χ1v) is 8.16. The van der Waals surface area contributed by atoms with E-state index in [1.807, 2.05) is 0 Å². The predicted octanol–water partition coefficient (Wildman–Crippen LogP) is 2.84. The van der Waals surface area contributed by atoms with Crippen LogP contribution in [0.4, 0.5) is 8.78 Å². The van der Waals surface area contributed by atoms with Gasteiger partial charge in [-0.3, -0.25) is 0 Å². The van der Waals surface area contributed by atoms with E-state index in [4.69, 9.17) is 7.85 Å². The molecule has 0 bridgehead atoms. The van der Waals surface area contributed by atoms with E-state index >= 15 is 0 Å². The van der Waals surface area contributed by atoms with Crippen molar-refractivity contribution >= 4 is 35.8 Å². The van der Waals surface area contributed by atoms with E-state index in [1.165, 1.54) is 31.7 Å². The molecule has 5 radical (unpaired) electrons. The van der Waals surface area contributed by atoms with Crippen LogP contribution >= 0.6 is 0 Å². The summed E-state index contributed by atoms with van der Waals surface area (Å²) in [7, 11) is 5.33. The van der Waals surface area contributed by atoms with Crippen LogP contribution in [0.5, 0.6) is 0 Å². The van der Waals surface area contributed by atoms with E-state index in [0.29, 0.717) is 17.9 Å². The molecule has 0 unspecified atom stereocenters. The molecule has 0 spiro atoms. The predicted molar refractivity (Wildman–Crippen MR) is 71.5 cm³/mol. The van der Waals surface area contributed by atoms with E-state index in [9.17, 15) is 8.78 Å². The fourth-order valence-corrected chi connectivity index (χ4v) is 3.56. The minimum absolute atomic E-state index is 0.106. The van der Waals surface area contributed by atoms with Crippen molar-refractivity contribution in [3.05, 3.63) is 29.3 Å². The molecule has 0 amide bonds. The van der Waals surface area contributed by atoms with Gasteiger partial charge in [-0.1, -0.05) is 0 Å². The molecule has 1 aliphatic rings. The average molecular weight is 352 g/mol. The van der Waals surface area contributed by atoms with Gasteiger partial charge in [0.1, 0.15) is 0 Å². The van der Waals surface area contributed by atoms with Crippen molar-refractivity contribution < 1.29 is 8.78 Å². The Morgan fingerprint density at radius 2 is 1.78 bits per heavy atom. The molecule has 0 aliphatic heterocycles. The van der Waals surface area contributed by atoms with Gasteiger partial charge in [0.15, 0.2) is 0 Å². The summed E-state index contributed by atoms with van der Waals surface area (Å²) in [5.41, 5.74) is 0.359. The second-order valence-corrected chi connectivity index (χ2v) is 7.53. The summed E-state index contributed by atoms with van der Waals surface area (Å²) < 4.78 is 27.9. The number of aryl methyl sites for hydroxylation is 1. The first-order chi connectivity index (χ1) is 8.58. The van der Waals surface area contributed by atoms with Crippen molar-refractivity contribution in [2.24, 2.45) is 5.92 Å². The second kappa shape index (κ2) is 6.40. The Bertz CT molecular complexity index is 415. The topological polar surface area (TPSA) is 0 Å². The number of benzene rings is 1. The third kappa shape index (κ3) is 3.49. The molecule has 1 aliphatic carbocycles. The van der Waals surface area contributed by atoms with Gasteiger partial charge >= 0.3 is 122 Å². The van der Waals surface area contributed by atoms with Crippen molar-refractivity contribution in [3.63, 3.8) is 0 Å². The molecular formula is C14H16BF2Sn. The van der Waals surface area contributed by atoms with Crippen LogP contribution in [0.3, 0.4) is 0 Å². The van der Waals surface area contributed by atoms with Crippen LogP contribution in [0.1, 0.15) is 37.7 Å². The van der Waals surface area contributed by atoms with Crippen molar-refractivity contribution in [1.29, 1.82) is 0 Å². The molecule has 0 heterocycles. The summed E-state index contributed by atoms with van der Waals surface area (Å²) in [4.78, 5) is 0. The molecule has 1 saturated carbocycles. The first-order valence-electron chi connectivity index (χ1n) is 6.51. The number of hydrogen-bond donors (Lipinski definition) is 0. The maximum absolute atomic E-state index is 13.6. The monoisotopic (exact) mass is 353 g/mol. The summed E-state index contributed by atoms with van der Waals surface area (Å²) in [6.45, 7) is 0. The fourth-order valence-electron chi connectivity index (χ4n) is 2.61. The van der Waals surface area contributed by atoms with Crippen molar-refractivity contribution in [2.45, 2.75) is 42.5 Å². The van der Waals surface area contributed by atoms with Gasteiger partial charge in [-0.15, -0.1) is 0 Å². The maximum atomic E-state index is 13.6. The van der Waals surface area contributed by atoms with Crippen LogP contribution in [0.25, 0.3) is 0 Å². The SMILES string of the molecule is [B]c1ccc(CCC2CC[CH]([Sn])CC2)c(F)c1F. The number of hydrogen-bond acceptors (Lipinski definition) is 0. The molecule has 0 saturated heterocycles. The average Bonchev–Trinajstić information content (AvgIpc) is 2.37. The molecule has 1 fully saturated rings. The van der Waals surface area contributed by atoms with Crippen LogP contribution in [-0.2, 0) is 6.42 Å². The molecular weight excluding hydrogens is 336 g/mol. The van der Waals surface area contributed by atoms with Crippen molar-refractivity contribution in [2.75, 3.05) is 0 Å². The molecule has 0 atom stereocenters. The van der Waals surface area contributed by atoms with E-state index in [-0.39, 0.29) is 5.46 Å². The third-order valence-corrected chi connectivity index (χ3v) is 5.51. The van der Waals surface area contributed by atoms with E-state index in [2.05, 4.69) is 0 Å². The van der Waals surface area contributed by atoms with Gasteiger partial charge in [0.2, 0.25) is 0 Å². The third-order valence-electron chi connectivity index (χ3n) is 3.86. The van der Waals surface area contributed by atoms with Gasteiger partial charge in [0, 0.05) is 0 Å². The second-order valence-electron chi connectivity index (χ2n) is 5.20. The molecule has 93 valence electrons. The van der Waals surface area contributed by atoms with Gasteiger partial charge < -0.3 is 0 Å². The zero-order chi connectivity index (χ0) is 13.1. The summed E-state index contributed by atoms with van der Waals surface area (Å²) in [6, 6.07) is 3.07. The Hall–Kier alpha value is -0.0564.